The molecule has 0 spiro atoms. The first kappa shape index (κ1) is 17.9. The van der Waals surface area contributed by atoms with Gasteiger partial charge in [-0.05, 0) is 53.3 Å². The maximum atomic E-state index is 12.4. The lowest BCUT2D eigenvalue weighted by molar-refractivity contribution is -0.136. The van der Waals surface area contributed by atoms with Gasteiger partial charge in [0.25, 0.3) is 5.91 Å². The van der Waals surface area contributed by atoms with E-state index >= 15 is 0 Å². The molecule has 0 aliphatic carbocycles. The first-order valence-corrected chi connectivity index (χ1v) is 10.2. The highest BCUT2D eigenvalue weighted by Crippen LogP contribution is 2.43. The molecule has 2 N–H and O–H groups in total. The van der Waals surface area contributed by atoms with Crippen LogP contribution < -0.4 is 5.32 Å². The highest BCUT2D eigenvalue weighted by atomic mass is 32.2. The van der Waals surface area contributed by atoms with Crippen molar-refractivity contribution in [1.82, 2.24) is 0 Å². The number of anilines is 1. The number of hydrogen-bond acceptors (Lipinski definition) is 4. The Kier molecular flexibility index (Phi) is 6.04. The van der Waals surface area contributed by atoms with Crippen molar-refractivity contribution in [2.24, 2.45) is 0 Å². The van der Waals surface area contributed by atoms with E-state index in [0.717, 1.165) is 0 Å². The third-order valence-electron chi connectivity index (χ3n) is 3.81. The maximum absolute atomic E-state index is 12.4. The second-order valence-corrected chi connectivity index (χ2v) is 8.50. The molecule has 6 heteroatoms. The molecule has 0 saturated carbocycles. The molecule has 1 fully saturated rings. The first-order valence-electron chi connectivity index (χ1n) is 8.07. The van der Waals surface area contributed by atoms with E-state index in [4.69, 9.17) is 5.11 Å². The number of aliphatic carboxylic acids is 1. The number of rotatable bonds is 5. The number of carboxylic acid groups (broad SMARTS) is 1. The van der Waals surface area contributed by atoms with Crippen molar-refractivity contribution in [1.29, 1.82) is 0 Å². The largest absolute Gasteiger partial charge is 0.481 e. The van der Waals surface area contributed by atoms with Gasteiger partial charge in [0.05, 0.1) is 11.0 Å². The fraction of sp³-hybridized carbons (Fsp3) is 0.263. The van der Waals surface area contributed by atoms with Gasteiger partial charge in [-0.15, -0.1) is 23.5 Å². The van der Waals surface area contributed by atoms with Crippen molar-refractivity contribution in [3.63, 3.8) is 0 Å². The Morgan fingerprint density at radius 1 is 1.08 bits per heavy atom. The molecule has 25 heavy (non-hydrogen) atoms. The Bertz CT molecular complexity index is 756. The van der Waals surface area contributed by atoms with E-state index in [1.165, 1.54) is 23.5 Å². The fourth-order valence-electron chi connectivity index (χ4n) is 2.61. The standard InChI is InChI=1S/C19H19NO3S2/c21-17(22)12-13-3-1-4-16(11-13)20-18(23)14-5-7-15(8-6-14)19-24-9-2-10-25-19/h1,3-8,11,19H,2,9-10,12H2,(H,20,23)(H,21,22). The van der Waals surface area contributed by atoms with E-state index in [1.807, 2.05) is 47.8 Å². The molecule has 0 bridgehead atoms. The Balaban J connectivity index is 1.65. The minimum Gasteiger partial charge on any atom is -0.481 e. The highest BCUT2D eigenvalue weighted by Gasteiger charge is 2.17. The monoisotopic (exact) mass is 373 g/mol. The summed E-state index contributed by atoms with van der Waals surface area (Å²) in [5, 5.41) is 11.7. The van der Waals surface area contributed by atoms with Gasteiger partial charge < -0.3 is 10.4 Å². The number of hydrogen-bond donors (Lipinski definition) is 2. The number of amides is 1. The van der Waals surface area contributed by atoms with Crippen molar-refractivity contribution in [3.05, 3.63) is 65.2 Å². The summed E-state index contributed by atoms with van der Waals surface area (Å²) in [5.74, 6) is 1.29. The number of benzene rings is 2. The van der Waals surface area contributed by atoms with E-state index in [1.54, 1.807) is 24.3 Å². The van der Waals surface area contributed by atoms with E-state index in [2.05, 4.69) is 5.32 Å². The summed E-state index contributed by atoms with van der Waals surface area (Å²) in [6.07, 6.45) is 1.20. The topological polar surface area (TPSA) is 66.4 Å². The first-order chi connectivity index (χ1) is 12.1. The van der Waals surface area contributed by atoms with Crippen LogP contribution >= 0.6 is 23.5 Å². The molecule has 130 valence electrons. The zero-order chi connectivity index (χ0) is 17.6. The van der Waals surface area contributed by atoms with Crippen LogP contribution in [0, 0.1) is 0 Å². The van der Waals surface area contributed by atoms with Gasteiger partial charge in [0.1, 0.15) is 0 Å². The zero-order valence-corrected chi connectivity index (χ0v) is 15.2. The van der Waals surface area contributed by atoms with Gasteiger partial charge in [0.15, 0.2) is 0 Å². The Hall–Kier alpha value is -1.92. The molecule has 2 aromatic carbocycles. The summed E-state index contributed by atoms with van der Waals surface area (Å²) in [6.45, 7) is 0. The molecule has 0 atom stereocenters. The molecule has 1 saturated heterocycles. The second kappa shape index (κ2) is 8.45. The van der Waals surface area contributed by atoms with Gasteiger partial charge in [-0.2, -0.15) is 0 Å². The normalized spacial score (nSPS) is 14.9. The van der Waals surface area contributed by atoms with Crippen LogP contribution in [0.2, 0.25) is 0 Å². The molecule has 1 aliphatic rings. The van der Waals surface area contributed by atoms with Crippen LogP contribution in [-0.4, -0.2) is 28.5 Å². The van der Waals surface area contributed by atoms with E-state index in [-0.39, 0.29) is 12.3 Å². The summed E-state index contributed by atoms with van der Waals surface area (Å²) >= 11 is 3.91. The van der Waals surface area contributed by atoms with E-state index in [9.17, 15) is 9.59 Å². The van der Waals surface area contributed by atoms with E-state index in [0.29, 0.717) is 21.4 Å². The molecular weight excluding hydrogens is 354 g/mol. The number of nitrogens with one attached hydrogen (secondary N) is 1. The van der Waals surface area contributed by atoms with Gasteiger partial charge in [-0.3, -0.25) is 9.59 Å². The summed E-state index contributed by atoms with van der Waals surface area (Å²) in [5.41, 5.74) is 3.10. The van der Waals surface area contributed by atoms with Crippen molar-refractivity contribution < 1.29 is 14.7 Å². The van der Waals surface area contributed by atoms with Crippen molar-refractivity contribution in [3.8, 4) is 0 Å². The minimum absolute atomic E-state index is 0.0604. The average molecular weight is 373 g/mol. The molecule has 1 amide bonds. The van der Waals surface area contributed by atoms with Gasteiger partial charge in [-0.25, -0.2) is 0 Å². The molecule has 1 aliphatic heterocycles. The second-order valence-electron chi connectivity index (χ2n) is 5.77. The molecular formula is C19H19NO3S2. The summed E-state index contributed by atoms with van der Waals surface area (Å²) in [7, 11) is 0. The Labute approximate surface area is 155 Å². The summed E-state index contributed by atoms with van der Waals surface area (Å²) in [6, 6.07) is 14.7. The zero-order valence-electron chi connectivity index (χ0n) is 13.6. The quantitative estimate of drug-likeness (QED) is 0.811. The predicted molar refractivity (Wildman–Crippen MR) is 104 cm³/mol. The molecule has 0 radical (unpaired) electrons. The van der Waals surface area contributed by atoms with Crippen LogP contribution in [0.5, 0.6) is 0 Å². The molecule has 2 aromatic rings. The lowest BCUT2D eigenvalue weighted by Gasteiger charge is -2.21. The Morgan fingerprint density at radius 3 is 2.48 bits per heavy atom. The third kappa shape index (κ3) is 5.03. The molecule has 4 nitrogen and oxygen atoms in total. The maximum Gasteiger partial charge on any atom is 0.307 e. The van der Waals surface area contributed by atoms with Gasteiger partial charge in [0, 0.05) is 11.3 Å². The predicted octanol–water partition coefficient (Wildman–Crippen LogP) is 4.43. The van der Waals surface area contributed by atoms with Crippen molar-refractivity contribution in [2.75, 3.05) is 16.8 Å². The highest BCUT2D eigenvalue weighted by molar-refractivity contribution is 8.16. The van der Waals surface area contributed by atoms with Gasteiger partial charge in [0.2, 0.25) is 0 Å². The van der Waals surface area contributed by atoms with Crippen LogP contribution in [0.25, 0.3) is 0 Å². The van der Waals surface area contributed by atoms with Crippen LogP contribution in [-0.2, 0) is 11.2 Å². The van der Waals surface area contributed by atoms with Crippen LogP contribution in [0.3, 0.4) is 0 Å². The van der Waals surface area contributed by atoms with Crippen molar-refractivity contribution in [2.45, 2.75) is 17.4 Å². The summed E-state index contributed by atoms with van der Waals surface area (Å²) < 4.78 is 0.457. The molecule has 1 heterocycles. The number of carboxylic acids is 1. The minimum atomic E-state index is -0.891. The SMILES string of the molecule is O=C(O)Cc1cccc(NC(=O)c2ccc(C3SCCCS3)cc2)c1. The van der Waals surface area contributed by atoms with Crippen LogP contribution in [0.1, 0.15) is 32.5 Å². The number of carbonyl (C=O) groups excluding carboxylic acids is 1. The van der Waals surface area contributed by atoms with Gasteiger partial charge in [-0.1, -0.05) is 24.3 Å². The molecule has 0 aromatic heterocycles. The summed E-state index contributed by atoms with van der Waals surface area (Å²) in [4.78, 5) is 23.2. The lowest BCUT2D eigenvalue weighted by atomic mass is 10.1. The van der Waals surface area contributed by atoms with Crippen LogP contribution in [0.4, 0.5) is 5.69 Å². The smallest absolute Gasteiger partial charge is 0.307 e. The molecule has 3 rings (SSSR count). The van der Waals surface area contributed by atoms with Gasteiger partial charge >= 0.3 is 5.97 Å². The number of thioether (sulfide) groups is 2. The van der Waals surface area contributed by atoms with Crippen molar-refractivity contribution >= 4 is 41.1 Å². The number of carbonyl (C=O) groups is 2. The van der Waals surface area contributed by atoms with E-state index < -0.39 is 5.97 Å². The molecule has 0 unspecified atom stereocenters. The average Bonchev–Trinajstić information content (AvgIpc) is 2.62. The van der Waals surface area contributed by atoms with Crippen LogP contribution in [0.15, 0.2) is 48.5 Å². The Morgan fingerprint density at radius 2 is 1.80 bits per heavy atom. The third-order valence-corrected chi connectivity index (χ3v) is 6.83. The fourth-order valence-corrected chi connectivity index (χ4v) is 5.50. The lowest BCUT2D eigenvalue weighted by Crippen LogP contribution is -2.12.